The Labute approximate surface area is 123 Å². The Morgan fingerprint density at radius 2 is 2.19 bits per heavy atom. The molecule has 21 heavy (non-hydrogen) atoms. The van der Waals surface area contributed by atoms with Crippen LogP contribution in [0.3, 0.4) is 0 Å². The van der Waals surface area contributed by atoms with Crippen LogP contribution in [0.2, 0.25) is 0 Å². The van der Waals surface area contributed by atoms with Gasteiger partial charge < -0.3 is 9.64 Å². The minimum Gasteiger partial charge on any atom is -0.466 e. The molecule has 0 aromatic carbocycles. The highest BCUT2D eigenvalue weighted by molar-refractivity contribution is 5.69. The van der Waals surface area contributed by atoms with Gasteiger partial charge in [-0.1, -0.05) is 0 Å². The SMILES string of the molecule is CCOC(=O)CC1CCN(c2ccc([N+](=O)[O-])cn2)CC1. The van der Waals surface area contributed by atoms with E-state index in [1.807, 2.05) is 0 Å². The third-order valence-electron chi connectivity index (χ3n) is 3.64. The molecule has 1 aromatic heterocycles. The summed E-state index contributed by atoms with van der Waals surface area (Å²) in [5.41, 5.74) is -0.00375. The van der Waals surface area contributed by atoms with Crippen LogP contribution in [0.1, 0.15) is 26.2 Å². The lowest BCUT2D eigenvalue weighted by atomic mass is 9.93. The van der Waals surface area contributed by atoms with E-state index in [0.717, 1.165) is 31.7 Å². The minimum atomic E-state index is -0.456. The molecule has 0 spiro atoms. The van der Waals surface area contributed by atoms with E-state index >= 15 is 0 Å². The van der Waals surface area contributed by atoms with E-state index in [9.17, 15) is 14.9 Å². The van der Waals surface area contributed by atoms with Crippen molar-refractivity contribution in [2.24, 2.45) is 5.92 Å². The first-order chi connectivity index (χ1) is 10.1. The summed E-state index contributed by atoms with van der Waals surface area (Å²) in [6.45, 7) is 3.83. The van der Waals surface area contributed by atoms with E-state index in [0.29, 0.717) is 18.9 Å². The van der Waals surface area contributed by atoms with Gasteiger partial charge >= 0.3 is 5.97 Å². The fraction of sp³-hybridized carbons (Fsp3) is 0.571. The Balaban J connectivity index is 1.86. The number of carbonyl (C=O) groups is 1. The van der Waals surface area contributed by atoms with Crippen molar-refractivity contribution in [1.29, 1.82) is 0 Å². The van der Waals surface area contributed by atoms with Crippen molar-refractivity contribution in [3.63, 3.8) is 0 Å². The van der Waals surface area contributed by atoms with Crippen molar-refractivity contribution < 1.29 is 14.5 Å². The van der Waals surface area contributed by atoms with Crippen molar-refractivity contribution in [1.82, 2.24) is 4.98 Å². The molecule has 0 bridgehead atoms. The van der Waals surface area contributed by atoms with Gasteiger partial charge in [-0.25, -0.2) is 4.98 Å². The lowest BCUT2D eigenvalue weighted by Gasteiger charge is -2.32. The molecule has 0 unspecified atom stereocenters. The average Bonchev–Trinajstić information content (AvgIpc) is 2.48. The Bertz CT molecular complexity index is 495. The molecule has 2 rings (SSSR count). The van der Waals surface area contributed by atoms with E-state index < -0.39 is 4.92 Å². The predicted molar refractivity (Wildman–Crippen MR) is 77.1 cm³/mol. The van der Waals surface area contributed by atoms with E-state index in [4.69, 9.17) is 4.74 Å². The number of ether oxygens (including phenoxy) is 1. The molecular formula is C14H19N3O4. The zero-order chi connectivity index (χ0) is 15.2. The number of hydrogen-bond donors (Lipinski definition) is 0. The standard InChI is InChI=1S/C14H19N3O4/c1-2-21-14(18)9-11-5-7-16(8-6-11)13-4-3-12(10-15-13)17(19)20/h3-4,10-11H,2,5-9H2,1H3. The number of piperidine rings is 1. The zero-order valence-electron chi connectivity index (χ0n) is 12.0. The lowest BCUT2D eigenvalue weighted by Crippen LogP contribution is -2.35. The summed E-state index contributed by atoms with van der Waals surface area (Å²) in [6, 6.07) is 3.14. The molecule has 0 aliphatic carbocycles. The van der Waals surface area contributed by atoms with E-state index in [1.54, 1.807) is 13.0 Å². The minimum absolute atomic E-state index is 0.00375. The van der Waals surface area contributed by atoms with Crippen molar-refractivity contribution in [3.8, 4) is 0 Å². The number of hydrogen-bond acceptors (Lipinski definition) is 6. The molecular weight excluding hydrogens is 274 g/mol. The Hall–Kier alpha value is -2.18. The second kappa shape index (κ2) is 7.01. The van der Waals surface area contributed by atoms with Gasteiger partial charge in [-0.15, -0.1) is 0 Å². The molecule has 0 N–H and O–H groups in total. The van der Waals surface area contributed by atoms with Crippen LogP contribution in [0.25, 0.3) is 0 Å². The Morgan fingerprint density at radius 1 is 1.48 bits per heavy atom. The predicted octanol–water partition coefficient (Wildman–Crippen LogP) is 2.16. The highest BCUT2D eigenvalue weighted by Gasteiger charge is 2.23. The summed E-state index contributed by atoms with van der Waals surface area (Å²) in [5.74, 6) is 0.956. The topological polar surface area (TPSA) is 85.6 Å². The third kappa shape index (κ3) is 4.14. The van der Waals surface area contributed by atoms with Crippen LogP contribution in [0.4, 0.5) is 11.5 Å². The molecule has 7 heteroatoms. The summed E-state index contributed by atoms with van der Waals surface area (Å²) in [7, 11) is 0. The Kier molecular flexibility index (Phi) is 5.08. The molecule has 2 heterocycles. The van der Waals surface area contributed by atoms with Crippen LogP contribution < -0.4 is 4.90 Å². The molecule has 0 saturated carbocycles. The summed E-state index contributed by atoms with van der Waals surface area (Å²) in [5, 5.41) is 10.6. The molecule has 1 aromatic rings. The molecule has 114 valence electrons. The molecule has 0 atom stereocenters. The average molecular weight is 293 g/mol. The van der Waals surface area contributed by atoms with Crippen LogP contribution in [0.5, 0.6) is 0 Å². The molecule has 1 fully saturated rings. The van der Waals surface area contributed by atoms with E-state index in [-0.39, 0.29) is 11.7 Å². The summed E-state index contributed by atoms with van der Waals surface area (Å²) < 4.78 is 4.96. The second-order valence-corrected chi connectivity index (χ2v) is 5.07. The van der Waals surface area contributed by atoms with Crippen molar-refractivity contribution in [3.05, 3.63) is 28.4 Å². The maximum atomic E-state index is 11.5. The summed E-state index contributed by atoms with van der Waals surface area (Å²) >= 11 is 0. The van der Waals surface area contributed by atoms with Crippen LogP contribution in [-0.2, 0) is 9.53 Å². The van der Waals surface area contributed by atoms with Gasteiger partial charge in [-0.2, -0.15) is 0 Å². The largest absolute Gasteiger partial charge is 0.466 e. The van der Waals surface area contributed by atoms with Gasteiger partial charge in [0.15, 0.2) is 0 Å². The highest BCUT2D eigenvalue weighted by Crippen LogP contribution is 2.25. The first kappa shape index (κ1) is 15.2. The van der Waals surface area contributed by atoms with Crippen molar-refractivity contribution >= 4 is 17.5 Å². The fourth-order valence-electron chi connectivity index (χ4n) is 2.50. The Morgan fingerprint density at radius 3 is 2.71 bits per heavy atom. The van der Waals surface area contributed by atoms with Crippen LogP contribution in [0.15, 0.2) is 18.3 Å². The summed E-state index contributed by atoms with van der Waals surface area (Å²) in [6.07, 6.45) is 3.55. The molecule has 7 nitrogen and oxygen atoms in total. The van der Waals surface area contributed by atoms with Crippen LogP contribution in [-0.4, -0.2) is 35.6 Å². The number of anilines is 1. The summed E-state index contributed by atoms with van der Waals surface area (Å²) in [4.78, 5) is 27.8. The van der Waals surface area contributed by atoms with Crippen molar-refractivity contribution in [2.75, 3.05) is 24.6 Å². The number of rotatable bonds is 5. The number of carbonyl (C=O) groups excluding carboxylic acids is 1. The smallest absolute Gasteiger partial charge is 0.306 e. The number of nitrogens with zero attached hydrogens (tertiary/aromatic N) is 3. The normalized spacial score (nSPS) is 15.8. The monoisotopic (exact) mass is 293 g/mol. The molecule has 1 saturated heterocycles. The first-order valence-electron chi connectivity index (χ1n) is 7.11. The van der Waals surface area contributed by atoms with Gasteiger partial charge in [-0.05, 0) is 31.7 Å². The number of nitro groups is 1. The molecule has 0 amide bonds. The lowest BCUT2D eigenvalue weighted by molar-refractivity contribution is -0.385. The van der Waals surface area contributed by atoms with Gasteiger partial charge in [-0.3, -0.25) is 14.9 Å². The van der Waals surface area contributed by atoms with Crippen LogP contribution >= 0.6 is 0 Å². The van der Waals surface area contributed by atoms with Gasteiger partial charge in [0, 0.05) is 25.6 Å². The molecule has 0 radical (unpaired) electrons. The quantitative estimate of drug-likeness (QED) is 0.470. The molecule has 1 aliphatic heterocycles. The van der Waals surface area contributed by atoms with Gasteiger partial charge in [0.2, 0.25) is 0 Å². The van der Waals surface area contributed by atoms with Gasteiger partial charge in [0.05, 0.1) is 11.5 Å². The maximum Gasteiger partial charge on any atom is 0.306 e. The van der Waals surface area contributed by atoms with Gasteiger partial charge in [0.1, 0.15) is 12.0 Å². The fourth-order valence-corrected chi connectivity index (χ4v) is 2.50. The van der Waals surface area contributed by atoms with Crippen molar-refractivity contribution in [2.45, 2.75) is 26.2 Å². The maximum absolute atomic E-state index is 11.5. The molecule has 1 aliphatic rings. The van der Waals surface area contributed by atoms with E-state index in [2.05, 4.69) is 9.88 Å². The highest BCUT2D eigenvalue weighted by atomic mass is 16.6. The zero-order valence-corrected chi connectivity index (χ0v) is 12.0. The second-order valence-electron chi connectivity index (χ2n) is 5.07. The third-order valence-corrected chi connectivity index (χ3v) is 3.64. The number of esters is 1. The van der Waals surface area contributed by atoms with E-state index in [1.165, 1.54) is 12.3 Å². The number of aromatic nitrogens is 1. The first-order valence-corrected chi connectivity index (χ1v) is 7.11. The van der Waals surface area contributed by atoms with Crippen LogP contribution in [0, 0.1) is 16.0 Å². The van der Waals surface area contributed by atoms with Gasteiger partial charge in [0.25, 0.3) is 5.69 Å². The number of pyridine rings is 1.